The molecule has 0 bridgehead atoms. The molecule has 0 spiro atoms. The quantitative estimate of drug-likeness (QED) is 0.0962. The highest BCUT2D eigenvalue weighted by Gasteiger charge is 2.21. The van der Waals surface area contributed by atoms with Gasteiger partial charge < -0.3 is 18.9 Å². The molecule has 0 aliphatic rings. The Kier molecular flexibility index (Phi) is 14.6. The van der Waals surface area contributed by atoms with E-state index in [4.69, 9.17) is 18.9 Å². The van der Waals surface area contributed by atoms with Gasteiger partial charge in [0.15, 0.2) is 13.2 Å². The van der Waals surface area contributed by atoms with Crippen LogP contribution in [0.2, 0.25) is 0 Å². The second-order valence-electron chi connectivity index (χ2n) is 11.6. The van der Waals surface area contributed by atoms with Gasteiger partial charge in [0.2, 0.25) is 0 Å². The molecular weight excluding hydrogens is 540 g/mol. The van der Waals surface area contributed by atoms with Crippen molar-refractivity contribution in [3.05, 3.63) is 48.0 Å². The molecule has 0 heterocycles. The van der Waals surface area contributed by atoms with Crippen LogP contribution in [0.1, 0.15) is 98.0 Å². The van der Waals surface area contributed by atoms with Crippen molar-refractivity contribution in [2.24, 2.45) is 11.8 Å². The number of hydrogen-bond donors (Lipinski definition) is 0. The summed E-state index contributed by atoms with van der Waals surface area (Å²) in [4.78, 5) is 25.6. The van der Waals surface area contributed by atoms with Crippen molar-refractivity contribution in [3.8, 4) is 11.5 Å². The molecule has 43 heavy (non-hydrogen) atoms. The molecule has 0 aromatic heterocycles. The molecule has 236 valence electrons. The number of benzene rings is 3. The molecule has 3 rings (SSSR count). The fraction of sp³-hybridized carbons (Fsp3) is 0.568. The molecule has 3 aromatic rings. The minimum Gasteiger partial charge on any atom is -0.481 e. The van der Waals surface area contributed by atoms with E-state index in [0.717, 1.165) is 91.3 Å². The van der Waals surface area contributed by atoms with Gasteiger partial charge in [0.25, 0.3) is 0 Å². The van der Waals surface area contributed by atoms with E-state index in [9.17, 15) is 9.59 Å². The smallest absolute Gasteiger partial charge is 0.344 e. The first kappa shape index (κ1) is 34.2. The first-order chi connectivity index (χ1) is 21.0. The molecule has 3 aromatic carbocycles. The zero-order chi connectivity index (χ0) is 31.0. The third kappa shape index (κ3) is 9.87. The minimum atomic E-state index is -0.371. The lowest BCUT2D eigenvalue weighted by Gasteiger charge is -2.20. The van der Waals surface area contributed by atoms with Crippen molar-refractivity contribution >= 4 is 33.5 Å². The Morgan fingerprint density at radius 2 is 1.14 bits per heavy atom. The van der Waals surface area contributed by atoms with Gasteiger partial charge >= 0.3 is 11.9 Å². The summed E-state index contributed by atoms with van der Waals surface area (Å²) >= 11 is 0. The van der Waals surface area contributed by atoms with Gasteiger partial charge in [-0.15, -0.1) is 0 Å². The molecule has 0 saturated carbocycles. The van der Waals surface area contributed by atoms with Crippen LogP contribution >= 0.6 is 0 Å². The lowest BCUT2D eigenvalue weighted by Crippen LogP contribution is -2.20. The number of ether oxygens (including phenoxy) is 4. The molecule has 0 radical (unpaired) electrons. The van der Waals surface area contributed by atoms with Gasteiger partial charge in [-0.1, -0.05) is 122 Å². The summed E-state index contributed by atoms with van der Waals surface area (Å²) in [7, 11) is 0. The highest BCUT2D eigenvalue weighted by molar-refractivity contribution is 6.12. The van der Waals surface area contributed by atoms with E-state index in [1.165, 1.54) is 0 Å². The molecule has 2 atom stereocenters. The molecule has 6 heteroatoms. The van der Waals surface area contributed by atoms with Crippen molar-refractivity contribution in [1.29, 1.82) is 0 Å². The SMILES string of the molecule is CCCCC(CC)COC(=O)COc1c2ccccc2c(OCC(=O)OCC(CC)CCCC)c2c(CCC)cccc12. The van der Waals surface area contributed by atoms with Crippen LogP contribution in [-0.2, 0) is 25.5 Å². The van der Waals surface area contributed by atoms with E-state index < -0.39 is 0 Å². The predicted molar refractivity (Wildman–Crippen MR) is 175 cm³/mol. The van der Waals surface area contributed by atoms with Gasteiger partial charge in [0, 0.05) is 21.5 Å². The van der Waals surface area contributed by atoms with Gasteiger partial charge in [-0.25, -0.2) is 9.59 Å². The van der Waals surface area contributed by atoms with Gasteiger partial charge in [-0.05, 0) is 36.7 Å². The maximum Gasteiger partial charge on any atom is 0.344 e. The number of hydrogen-bond acceptors (Lipinski definition) is 6. The molecule has 2 unspecified atom stereocenters. The summed E-state index contributed by atoms with van der Waals surface area (Å²) < 4.78 is 23.8. The summed E-state index contributed by atoms with van der Waals surface area (Å²) in [5.74, 6) is 1.26. The van der Waals surface area contributed by atoms with Crippen molar-refractivity contribution in [2.75, 3.05) is 26.4 Å². The molecule has 0 amide bonds. The number of rotatable bonds is 20. The molecule has 0 aliphatic heterocycles. The van der Waals surface area contributed by atoms with Crippen LogP contribution < -0.4 is 9.47 Å². The minimum absolute atomic E-state index is 0.174. The van der Waals surface area contributed by atoms with E-state index in [0.29, 0.717) is 36.5 Å². The normalized spacial score (nSPS) is 12.7. The van der Waals surface area contributed by atoms with Crippen LogP contribution in [0, 0.1) is 11.8 Å². The molecule has 0 fully saturated rings. The summed E-state index contributed by atoms with van der Waals surface area (Å²) in [6.07, 6.45) is 10.4. The average Bonchev–Trinajstić information content (AvgIpc) is 3.03. The standard InChI is InChI=1S/C37H52O6/c1-6-11-17-27(9-4)23-40-33(38)25-42-36-30-20-13-14-21-31(30)37(35-29(16-8-3)19-15-22-32(35)36)43-26-34(39)41-24-28(10-5)18-12-7-2/h13-15,19-22,27-28H,6-12,16-18,23-26H2,1-5H3. The molecular formula is C37H52O6. The largest absolute Gasteiger partial charge is 0.481 e. The van der Waals surface area contributed by atoms with Crippen LogP contribution in [0.5, 0.6) is 11.5 Å². The van der Waals surface area contributed by atoms with E-state index >= 15 is 0 Å². The second-order valence-corrected chi connectivity index (χ2v) is 11.6. The van der Waals surface area contributed by atoms with E-state index in [-0.39, 0.29) is 25.2 Å². The van der Waals surface area contributed by atoms with Gasteiger partial charge in [-0.3, -0.25) is 0 Å². The van der Waals surface area contributed by atoms with Crippen LogP contribution in [0.3, 0.4) is 0 Å². The van der Waals surface area contributed by atoms with Crippen molar-refractivity contribution in [2.45, 2.75) is 98.8 Å². The summed E-state index contributed by atoms with van der Waals surface area (Å²) in [6, 6.07) is 13.9. The first-order valence-electron chi connectivity index (χ1n) is 16.5. The van der Waals surface area contributed by atoms with E-state index in [1.807, 2.05) is 36.4 Å². The Bertz CT molecular complexity index is 1300. The lowest BCUT2D eigenvalue weighted by atomic mass is 9.95. The predicted octanol–water partition coefficient (Wildman–Crippen LogP) is 9.22. The first-order valence-corrected chi connectivity index (χ1v) is 16.5. The van der Waals surface area contributed by atoms with Crippen molar-refractivity contribution < 1.29 is 28.5 Å². The fourth-order valence-electron chi connectivity index (χ4n) is 5.56. The summed E-state index contributed by atoms with van der Waals surface area (Å²) in [5, 5.41) is 3.40. The third-order valence-corrected chi connectivity index (χ3v) is 8.27. The molecule has 0 aliphatic carbocycles. The Labute approximate surface area is 258 Å². The van der Waals surface area contributed by atoms with Crippen LogP contribution in [0.4, 0.5) is 0 Å². The summed E-state index contributed by atoms with van der Waals surface area (Å²) in [6.45, 7) is 11.2. The summed E-state index contributed by atoms with van der Waals surface area (Å²) in [5.41, 5.74) is 1.11. The van der Waals surface area contributed by atoms with Gasteiger partial charge in [0.1, 0.15) is 11.5 Å². The number of carbonyl (C=O) groups is 2. The Morgan fingerprint density at radius 1 is 0.628 bits per heavy atom. The zero-order valence-corrected chi connectivity index (χ0v) is 27.0. The van der Waals surface area contributed by atoms with Crippen LogP contribution in [0.15, 0.2) is 42.5 Å². The highest BCUT2D eigenvalue weighted by Crippen LogP contribution is 2.44. The van der Waals surface area contributed by atoms with E-state index in [2.05, 4.69) is 40.7 Å². The highest BCUT2D eigenvalue weighted by atomic mass is 16.6. The molecule has 0 N–H and O–H groups in total. The monoisotopic (exact) mass is 592 g/mol. The lowest BCUT2D eigenvalue weighted by molar-refractivity contribution is -0.148. The fourth-order valence-corrected chi connectivity index (χ4v) is 5.56. The Hall–Kier alpha value is -3.28. The maximum absolute atomic E-state index is 12.8. The number of carbonyl (C=O) groups excluding carboxylic acids is 2. The Morgan fingerprint density at radius 3 is 1.65 bits per heavy atom. The molecule has 0 saturated heterocycles. The third-order valence-electron chi connectivity index (χ3n) is 8.27. The van der Waals surface area contributed by atoms with E-state index in [1.54, 1.807) is 0 Å². The van der Waals surface area contributed by atoms with Crippen LogP contribution in [-0.4, -0.2) is 38.4 Å². The number of aryl methyl sites for hydroxylation is 1. The zero-order valence-electron chi connectivity index (χ0n) is 27.0. The van der Waals surface area contributed by atoms with Crippen LogP contribution in [0.25, 0.3) is 21.5 Å². The topological polar surface area (TPSA) is 71.1 Å². The van der Waals surface area contributed by atoms with Gasteiger partial charge in [-0.2, -0.15) is 0 Å². The maximum atomic E-state index is 12.8. The number of fused-ring (bicyclic) bond motifs is 2. The number of esters is 2. The average molecular weight is 593 g/mol. The van der Waals surface area contributed by atoms with Crippen molar-refractivity contribution in [1.82, 2.24) is 0 Å². The van der Waals surface area contributed by atoms with Crippen molar-refractivity contribution in [3.63, 3.8) is 0 Å². The second kappa shape index (κ2) is 18.4. The number of unbranched alkanes of at least 4 members (excludes halogenated alkanes) is 2. The Balaban J connectivity index is 1.87. The molecule has 6 nitrogen and oxygen atoms in total. The van der Waals surface area contributed by atoms with Gasteiger partial charge in [0.05, 0.1) is 13.2 Å².